The molecular formula is C12H15F3N2O. The van der Waals surface area contributed by atoms with Crippen molar-refractivity contribution >= 4 is 11.9 Å². The normalized spacial score (nSPS) is 13.2. The van der Waals surface area contributed by atoms with Crippen molar-refractivity contribution in [2.45, 2.75) is 39.4 Å². The minimum absolute atomic E-state index is 0.0716. The topological polar surface area (TPSA) is 34.9 Å². The molecule has 3 nitrogen and oxygen atoms in total. The Kier molecular flexibility index (Phi) is 4.32. The number of alkyl halides is 3. The van der Waals surface area contributed by atoms with Crippen LogP contribution in [0.1, 0.15) is 38.1 Å². The van der Waals surface area contributed by atoms with E-state index in [9.17, 15) is 18.0 Å². The highest BCUT2D eigenvalue weighted by Crippen LogP contribution is 2.24. The van der Waals surface area contributed by atoms with Gasteiger partial charge in [0.1, 0.15) is 12.8 Å². The molecule has 1 aromatic rings. The van der Waals surface area contributed by atoms with Gasteiger partial charge in [-0.3, -0.25) is 9.48 Å². The third-order valence-corrected chi connectivity index (χ3v) is 2.45. The van der Waals surface area contributed by atoms with Gasteiger partial charge in [0.15, 0.2) is 0 Å². The number of carbonyl (C=O) groups excluding carboxylic acids is 1. The molecule has 0 aliphatic heterocycles. The minimum atomic E-state index is -4.31. The van der Waals surface area contributed by atoms with Crippen molar-refractivity contribution in [1.82, 2.24) is 9.78 Å². The maximum absolute atomic E-state index is 12.4. The first kappa shape index (κ1) is 14.5. The molecule has 0 bridgehead atoms. The summed E-state index contributed by atoms with van der Waals surface area (Å²) in [6.07, 6.45) is -2.44. The number of hydrogen-bond donors (Lipinski definition) is 0. The average molecular weight is 260 g/mol. The Morgan fingerprint density at radius 3 is 2.56 bits per heavy atom. The number of hydrogen-bond acceptors (Lipinski definition) is 2. The van der Waals surface area contributed by atoms with Gasteiger partial charge < -0.3 is 0 Å². The molecular weight excluding hydrogens is 245 g/mol. The van der Waals surface area contributed by atoms with Crippen LogP contribution < -0.4 is 0 Å². The second-order valence-electron chi connectivity index (χ2n) is 4.37. The van der Waals surface area contributed by atoms with Crippen molar-refractivity contribution in [3.63, 3.8) is 0 Å². The Labute approximate surface area is 103 Å². The quantitative estimate of drug-likeness (QED) is 0.615. The summed E-state index contributed by atoms with van der Waals surface area (Å²) in [5, 5.41) is 3.90. The van der Waals surface area contributed by atoms with Crippen LogP contribution in [-0.4, -0.2) is 22.2 Å². The summed E-state index contributed by atoms with van der Waals surface area (Å²) in [5.74, 6) is -0.0716. The zero-order valence-corrected chi connectivity index (χ0v) is 10.5. The highest BCUT2D eigenvalue weighted by atomic mass is 19.4. The molecule has 18 heavy (non-hydrogen) atoms. The lowest BCUT2D eigenvalue weighted by Gasteiger charge is -2.11. The van der Waals surface area contributed by atoms with Crippen LogP contribution in [-0.2, 0) is 11.3 Å². The summed E-state index contributed by atoms with van der Waals surface area (Å²) in [6.45, 7) is 4.12. The largest absolute Gasteiger partial charge is 0.408 e. The SMILES string of the molecule is C/C(=C\C=O)c1cc(C(C)C)n(CC(F)(F)F)n1. The third-order valence-electron chi connectivity index (χ3n) is 2.45. The fourth-order valence-corrected chi connectivity index (χ4v) is 1.57. The van der Waals surface area contributed by atoms with Crippen LogP contribution in [0.25, 0.3) is 5.57 Å². The maximum atomic E-state index is 12.4. The van der Waals surface area contributed by atoms with Crippen molar-refractivity contribution in [1.29, 1.82) is 0 Å². The monoisotopic (exact) mass is 260 g/mol. The smallest absolute Gasteiger partial charge is 0.299 e. The minimum Gasteiger partial charge on any atom is -0.299 e. The molecule has 0 fully saturated rings. The molecule has 1 heterocycles. The lowest BCUT2D eigenvalue weighted by Crippen LogP contribution is -2.20. The van der Waals surface area contributed by atoms with Gasteiger partial charge >= 0.3 is 6.18 Å². The molecule has 100 valence electrons. The number of carbonyl (C=O) groups is 1. The number of nitrogens with zero attached hydrogens (tertiary/aromatic N) is 2. The van der Waals surface area contributed by atoms with Crippen LogP contribution >= 0.6 is 0 Å². The number of rotatable bonds is 4. The Balaban J connectivity index is 3.16. The highest BCUT2D eigenvalue weighted by Gasteiger charge is 2.30. The molecule has 0 aromatic carbocycles. The van der Waals surface area contributed by atoms with E-state index in [1.165, 1.54) is 6.08 Å². The summed E-state index contributed by atoms with van der Waals surface area (Å²) in [6, 6.07) is 1.59. The number of halogens is 3. The van der Waals surface area contributed by atoms with Crippen LogP contribution in [0.15, 0.2) is 12.1 Å². The molecule has 6 heteroatoms. The molecule has 1 aromatic heterocycles. The molecule has 1 rings (SSSR count). The zero-order chi connectivity index (χ0) is 13.9. The Morgan fingerprint density at radius 1 is 1.50 bits per heavy atom. The van der Waals surface area contributed by atoms with Crippen LogP contribution in [0, 0.1) is 0 Å². The summed E-state index contributed by atoms with van der Waals surface area (Å²) in [4.78, 5) is 10.4. The first-order valence-electron chi connectivity index (χ1n) is 5.51. The van der Waals surface area contributed by atoms with Gasteiger partial charge in [-0.15, -0.1) is 0 Å². The average Bonchev–Trinajstić information content (AvgIpc) is 2.59. The Morgan fingerprint density at radius 2 is 2.11 bits per heavy atom. The summed E-state index contributed by atoms with van der Waals surface area (Å²) in [5.41, 5.74) is 1.45. The van der Waals surface area contributed by atoms with E-state index in [-0.39, 0.29) is 5.92 Å². The molecule has 0 saturated heterocycles. The van der Waals surface area contributed by atoms with Gasteiger partial charge in [0, 0.05) is 5.69 Å². The van der Waals surface area contributed by atoms with Gasteiger partial charge in [-0.2, -0.15) is 18.3 Å². The van der Waals surface area contributed by atoms with Gasteiger partial charge in [-0.05, 0) is 30.6 Å². The van der Waals surface area contributed by atoms with Crippen molar-refractivity contribution in [2.75, 3.05) is 0 Å². The van der Waals surface area contributed by atoms with Gasteiger partial charge in [0.2, 0.25) is 0 Å². The first-order valence-corrected chi connectivity index (χ1v) is 5.51. The Bertz CT molecular complexity index is 458. The van der Waals surface area contributed by atoms with Crippen molar-refractivity contribution < 1.29 is 18.0 Å². The third kappa shape index (κ3) is 3.72. The molecule has 0 saturated carbocycles. The van der Waals surface area contributed by atoms with E-state index in [1.54, 1.807) is 26.8 Å². The lowest BCUT2D eigenvalue weighted by atomic mass is 10.1. The van der Waals surface area contributed by atoms with Crippen LogP contribution in [0.4, 0.5) is 13.2 Å². The summed E-state index contributed by atoms with van der Waals surface area (Å²) >= 11 is 0. The van der Waals surface area contributed by atoms with E-state index in [4.69, 9.17) is 0 Å². The lowest BCUT2D eigenvalue weighted by molar-refractivity contribution is -0.143. The molecule has 0 aliphatic rings. The molecule has 0 unspecified atom stereocenters. The van der Waals surface area contributed by atoms with E-state index >= 15 is 0 Å². The van der Waals surface area contributed by atoms with Gasteiger partial charge in [-0.1, -0.05) is 13.8 Å². The zero-order valence-electron chi connectivity index (χ0n) is 10.5. The predicted octanol–water partition coefficient (Wildman–Crippen LogP) is 3.17. The van der Waals surface area contributed by atoms with Crippen molar-refractivity contribution in [3.05, 3.63) is 23.5 Å². The molecule has 0 atom stereocenters. The Hall–Kier alpha value is -1.59. The second-order valence-corrected chi connectivity index (χ2v) is 4.37. The second kappa shape index (κ2) is 5.37. The molecule has 0 spiro atoms. The maximum Gasteiger partial charge on any atom is 0.408 e. The van der Waals surface area contributed by atoms with Crippen LogP contribution in [0.5, 0.6) is 0 Å². The van der Waals surface area contributed by atoms with Gasteiger partial charge in [-0.25, -0.2) is 0 Å². The van der Waals surface area contributed by atoms with Gasteiger partial charge in [0.05, 0.1) is 5.69 Å². The van der Waals surface area contributed by atoms with Crippen molar-refractivity contribution in [3.8, 4) is 0 Å². The van der Waals surface area contributed by atoms with E-state index in [2.05, 4.69) is 5.10 Å². The fraction of sp³-hybridized carbons (Fsp3) is 0.500. The fourth-order valence-electron chi connectivity index (χ4n) is 1.57. The van der Waals surface area contributed by atoms with E-state index < -0.39 is 12.7 Å². The summed E-state index contributed by atoms with van der Waals surface area (Å²) < 4.78 is 38.2. The molecule has 0 N–H and O–H groups in total. The number of aldehydes is 1. The predicted molar refractivity (Wildman–Crippen MR) is 62.1 cm³/mol. The van der Waals surface area contributed by atoms with Crippen LogP contribution in [0.3, 0.4) is 0 Å². The molecule has 0 radical (unpaired) electrons. The number of allylic oxidation sites excluding steroid dienone is 2. The van der Waals surface area contributed by atoms with Crippen LogP contribution in [0.2, 0.25) is 0 Å². The van der Waals surface area contributed by atoms with E-state index in [0.29, 0.717) is 23.2 Å². The molecule has 0 aliphatic carbocycles. The summed E-state index contributed by atoms with van der Waals surface area (Å²) in [7, 11) is 0. The molecule has 0 amide bonds. The van der Waals surface area contributed by atoms with E-state index in [0.717, 1.165) is 4.68 Å². The van der Waals surface area contributed by atoms with Crippen molar-refractivity contribution in [2.24, 2.45) is 0 Å². The first-order chi connectivity index (χ1) is 8.24. The van der Waals surface area contributed by atoms with E-state index in [1.807, 2.05) is 0 Å². The standard InChI is InChI=1S/C12H15F3N2O/c1-8(2)11-6-10(9(3)4-5-18)16-17(11)7-12(13,14)15/h4-6,8H,7H2,1-3H3/b9-4+. The highest BCUT2D eigenvalue weighted by molar-refractivity contribution is 5.79. The van der Waals surface area contributed by atoms with Gasteiger partial charge in [0.25, 0.3) is 0 Å². The number of aromatic nitrogens is 2.